The first kappa shape index (κ1) is 20.3. The van der Waals surface area contributed by atoms with E-state index in [1.807, 2.05) is 6.07 Å². The van der Waals surface area contributed by atoms with Gasteiger partial charge in [0.25, 0.3) is 0 Å². The van der Waals surface area contributed by atoms with Crippen molar-refractivity contribution < 1.29 is 13.7 Å². The Balaban J connectivity index is 1.35. The Bertz CT molecular complexity index is 994. The van der Waals surface area contributed by atoms with E-state index in [4.69, 9.17) is 9.72 Å². The van der Waals surface area contributed by atoms with Crippen LogP contribution in [0.25, 0.3) is 0 Å². The van der Waals surface area contributed by atoms with Crippen LogP contribution in [0.1, 0.15) is 30.0 Å². The van der Waals surface area contributed by atoms with Gasteiger partial charge in [-0.15, -0.1) is 0 Å². The van der Waals surface area contributed by atoms with E-state index in [2.05, 4.69) is 40.5 Å². The van der Waals surface area contributed by atoms with Gasteiger partial charge in [0.15, 0.2) is 0 Å². The van der Waals surface area contributed by atoms with E-state index in [1.54, 1.807) is 4.90 Å². The van der Waals surface area contributed by atoms with E-state index in [1.165, 1.54) is 12.7 Å². The van der Waals surface area contributed by atoms with Gasteiger partial charge in [-0.25, -0.2) is 9.78 Å². The Labute approximate surface area is 185 Å². The number of aryl methyl sites for hydroxylation is 1. The minimum absolute atomic E-state index is 0.109. The highest BCUT2D eigenvalue weighted by Gasteiger charge is 2.33. The Morgan fingerprint density at radius 1 is 1.23 bits per heavy atom. The van der Waals surface area contributed by atoms with Gasteiger partial charge in [-0.3, -0.25) is 4.21 Å². The molecule has 1 aromatic carbocycles. The van der Waals surface area contributed by atoms with E-state index in [-0.39, 0.29) is 12.1 Å². The highest BCUT2D eigenvalue weighted by Crippen LogP contribution is 2.37. The Hall–Kier alpha value is -2.61. The van der Waals surface area contributed by atoms with Crippen molar-refractivity contribution in [3.63, 3.8) is 0 Å². The van der Waals surface area contributed by atoms with E-state index >= 15 is 0 Å². The molecule has 5 rings (SSSR count). The summed E-state index contributed by atoms with van der Waals surface area (Å²) in [6.45, 7) is 3.19. The molecule has 2 unspecified atom stereocenters. The summed E-state index contributed by atoms with van der Waals surface area (Å²) in [4.78, 5) is 21.7. The zero-order chi connectivity index (χ0) is 21.4. The predicted octanol–water partition coefficient (Wildman–Crippen LogP) is 2.99. The number of carbonyl (C=O) groups is 1. The first-order valence-electron chi connectivity index (χ1n) is 10.9. The van der Waals surface area contributed by atoms with Crippen molar-refractivity contribution in [1.29, 1.82) is 0 Å². The van der Waals surface area contributed by atoms with E-state index in [9.17, 15) is 9.00 Å². The topological polar surface area (TPSA) is 74.8 Å². The van der Waals surface area contributed by atoms with Crippen LogP contribution in [0.2, 0.25) is 0 Å². The number of nitrogens with one attached hydrogen (secondary N) is 1. The molecule has 1 aromatic heterocycles. The molecular formula is C23H28N4O3S. The van der Waals surface area contributed by atoms with Crippen LogP contribution in [0.15, 0.2) is 41.3 Å². The molecule has 0 aliphatic carbocycles. The van der Waals surface area contributed by atoms with Crippen molar-refractivity contribution in [1.82, 2.24) is 9.88 Å². The molecule has 164 valence electrons. The molecule has 2 aromatic rings. The lowest BCUT2D eigenvalue weighted by atomic mass is 9.91. The van der Waals surface area contributed by atoms with Crippen molar-refractivity contribution in [2.75, 3.05) is 49.3 Å². The van der Waals surface area contributed by atoms with Gasteiger partial charge in [0.1, 0.15) is 5.82 Å². The van der Waals surface area contributed by atoms with Gasteiger partial charge in [-0.05, 0) is 18.4 Å². The lowest BCUT2D eigenvalue weighted by Crippen LogP contribution is -2.46. The Morgan fingerprint density at radius 3 is 2.81 bits per heavy atom. The number of hydrogen-bond acceptors (Lipinski definition) is 6. The van der Waals surface area contributed by atoms with Crippen molar-refractivity contribution in [3.05, 3.63) is 47.7 Å². The number of aromatic nitrogens is 1. The van der Waals surface area contributed by atoms with Crippen LogP contribution in [0.3, 0.4) is 0 Å². The van der Waals surface area contributed by atoms with Crippen LogP contribution in [-0.2, 0) is 22.0 Å². The third-order valence-corrected chi connectivity index (χ3v) is 7.96. The van der Waals surface area contributed by atoms with Gasteiger partial charge in [-0.2, -0.15) is 0 Å². The summed E-state index contributed by atoms with van der Waals surface area (Å²) in [5, 5.41) is 3.60. The number of likely N-dealkylation sites (tertiary alicyclic amines) is 1. The van der Waals surface area contributed by atoms with Gasteiger partial charge >= 0.3 is 6.09 Å². The first-order chi connectivity index (χ1) is 15.1. The molecule has 2 atom stereocenters. The van der Waals surface area contributed by atoms with Crippen LogP contribution in [0.4, 0.5) is 16.3 Å². The highest BCUT2D eigenvalue weighted by atomic mass is 32.2. The molecule has 7 nitrogen and oxygen atoms in total. The minimum atomic E-state index is -1.02. The molecule has 4 heterocycles. The van der Waals surface area contributed by atoms with E-state index < -0.39 is 10.8 Å². The fraction of sp³-hybridized carbons (Fsp3) is 0.478. The summed E-state index contributed by atoms with van der Waals surface area (Å²) in [5.74, 6) is 2.10. The number of anilines is 2. The second-order valence-electron chi connectivity index (χ2n) is 8.52. The van der Waals surface area contributed by atoms with Crippen molar-refractivity contribution in [3.8, 4) is 0 Å². The molecule has 3 aliphatic rings. The first-order valence-corrected chi connectivity index (χ1v) is 12.3. The summed E-state index contributed by atoms with van der Waals surface area (Å²) < 4.78 is 17.6. The maximum Gasteiger partial charge on any atom is 0.409 e. The number of ether oxygens (including phenoxy) is 1. The number of carbonyl (C=O) groups excluding carboxylic acids is 1. The standard InChI is InChI=1S/C23H28N4O3S/c1-30-23(28)26-10-5-8-18(15-26)24-20-12-21(25-19-9-11-31(29)22(19)20)27-13-17(14-27)16-6-3-2-4-7-16/h2-4,6-7,12,17-18H,5,8-11,13-15H2,1H3,(H,24,25). The maximum absolute atomic E-state index is 12.7. The Morgan fingerprint density at radius 2 is 2.03 bits per heavy atom. The molecule has 1 amide bonds. The summed E-state index contributed by atoms with van der Waals surface area (Å²) in [6, 6.07) is 12.8. The maximum atomic E-state index is 12.7. The molecule has 2 saturated heterocycles. The molecule has 31 heavy (non-hydrogen) atoms. The summed E-state index contributed by atoms with van der Waals surface area (Å²) >= 11 is 0. The molecule has 1 N–H and O–H groups in total. The molecule has 3 aliphatic heterocycles. The minimum Gasteiger partial charge on any atom is -0.453 e. The quantitative estimate of drug-likeness (QED) is 0.788. The molecule has 2 fully saturated rings. The fourth-order valence-electron chi connectivity index (χ4n) is 4.77. The summed E-state index contributed by atoms with van der Waals surface area (Å²) in [7, 11) is 0.393. The third-order valence-electron chi connectivity index (χ3n) is 6.47. The monoisotopic (exact) mass is 440 g/mol. The molecule has 0 radical (unpaired) electrons. The summed E-state index contributed by atoms with van der Waals surface area (Å²) in [6.07, 6.45) is 2.34. The number of fused-ring (bicyclic) bond motifs is 1. The van der Waals surface area contributed by atoms with E-state index in [0.29, 0.717) is 24.8 Å². The SMILES string of the molecule is COC(=O)N1CCCC(Nc2cc(N3CC(c4ccccc4)C3)nc3c2S(=O)CC3)C1. The van der Waals surface area contributed by atoms with Crippen LogP contribution < -0.4 is 10.2 Å². The fourth-order valence-corrected chi connectivity index (χ4v) is 6.12. The van der Waals surface area contributed by atoms with Crippen molar-refractivity contribution >= 4 is 28.4 Å². The molecule has 8 heteroatoms. The number of pyridine rings is 1. The van der Waals surface area contributed by atoms with Crippen LogP contribution in [-0.4, -0.2) is 65.3 Å². The number of benzene rings is 1. The normalized spacial score (nSPS) is 23.3. The largest absolute Gasteiger partial charge is 0.453 e. The zero-order valence-electron chi connectivity index (χ0n) is 17.8. The molecule has 0 saturated carbocycles. The number of nitrogens with zero attached hydrogens (tertiary/aromatic N) is 3. The number of piperidine rings is 1. The van der Waals surface area contributed by atoms with Gasteiger partial charge in [0, 0.05) is 56.4 Å². The summed E-state index contributed by atoms with van der Waals surface area (Å²) in [5.41, 5.74) is 3.22. The lowest BCUT2D eigenvalue weighted by Gasteiger charge is -2.41. The molecule has 0 spiro atoms. The van der Waals surface area contributed by atoms with Gasteiger partial charge in [0.2, 0.25) is 0 Å². The van der Waals surface area contributed by atoms with Crippen LogP contribution in [0, 0.1) is 0 Å². The molecular weight excluding hydrogens is 412 g/mol. The van der Waals surface area contributed by atoms with Crippen LogP contribution >= 0.6 is 0 Å². The van der Waals surface area contributed by atoms with Gasteiger partial charge in [-0.1, -0.05) is 30.3 Å². The number of methoxy groups -OCH3 is 1. The third kappa shape index (κ3) is 4.01. The smallest absolute Gasteiger partial charge is 0.409 e. The number of hydrogen-bond donors (Lipinski definition) is 1. The average Bonchev–Trinajstić information content (AvgIpc) is 3.14. The second kappa shape index (κ2) is 8.49. The van der Waals surface area contributed by atoms with Crippen LogP contribution in [0.5, 0.6) is 0 Å². The van der Waals surface area contributed by atoms with Crippen molar-refractivity contribution in [2.45, 2.75) is 36.1 Å². The van der Waals surface area contributed by atoms with Crippen molar-refractivity contribution in [2.24, 2.45) is 0 Å². The second-order valence-corrected chi connectivity index (χ2v) is 10.0. The lowest BCUT2D eigenvalue weighted by molar-refractivity contribution is 0.113. The molecule has 0 bridgehead atoms. The zero-order valence-corrected chi connectivity index (χ0v) is 18.6. The predicted molar refractivity (Wildman–Crippen MR) is 121 cm³/mol. The number of amides is 1. The number of rotatable bonds is 4. The van der Waals surface area contributed by atoms with Gasteiger partial charge < -0.3 is 19.9 Å². The van der Waals surface area contributed by atoms with Gasteiger partial charge in [0.05, 0.1) is 34.2 Å². The average molecular weight is 441 g/mol. The highest BCUT2D eigenvalue weighted by molar-refractivity contribution is 7.85. The Kier molecular flexibility index (Phi) is 5.56. The van der Waals surface area contributed by atoms with E-state index in [0.717, 1.165) is 54.4 Å².